The van der Waals surface area contributed by atoms with E-state index in [-0.39, 0.29) is 0 Å². The molecule has 2 fully saturated rings. The molecule has 0 N–H and O–H groups in total. The second-order valence-corrected chi connectivity index (χ2v) is 7.93. The van der Waals surface area contributed by atoms with Crippen molar-refractivity contribution in [1.29, 1.82) is 0 Å². The normalized spacial score (nSPS) is 20.3. The highest BCUT2D eigenvalue weighted by atomic mass is 16.5. The van der Waals surface area contributed by atoms with E-state index < -0.39 is 0 Å². The summed E-state index contributed by atoms with van der Waals surface area (Å²) in [6.45, 7) is 6.76. The van der Waals surface area contributed by atoms with Gasteiger partial charge in [-0.1, -0.05) is 31.7 Å². The maximum atomic E-state index is 5.64. The highest BCUT2D eigenvalue weighted by molar-refractivity contribution is 5.55. The number of nitrogens with zero attached hydrogens (tertiary/aromatic N) is 2. The van der Waals surface area contributed by atoms with E-state index >= 15 is 0 Å². The van der Waals surface area contributed by atoms with Gasteiger partial charge >= 0.3 is 0 Å². The number of benzene rings is 1. The van der Waals surface area contributed by atoms with Crippen molar-refractivity contribution in [2.45, 2.75) is 45.1 Å². The molecule has 3 rings (SSSR count). The van der Waals surface area contributed by atoms with Crippen LogP contribution in [0, 0.1) is 5.92 Å². The maximum absolute atomic E-state index is 5.64. The monoisotopic (exact) mass is 376 g/mol. The summed E-state index contributed by atoms with van der Waals surface area (Å²) in [7, 11) is 5.02. The molecule has 5 heteroatoms. The van der Waals surface area contributed by atoms with Crippen LogP contribution in [0.3, 0.4) is 0 Å². The van der Waals surface area contributed by atoms with E-state index in [1.165, 1.54) is 58.2 Å². The smallest absolute Gasteiger partial charge is 0.203 e. The molecule has 1 aliphatic carbocycles. The van der Waals surface area contributed by atoms with E-state index in [1.807, 2.05) is 6.07 Å². The largest absolute Gasteiger partial charge is 0.493 e. The van der Waals surface area contributed by atoms with Crippen molar-refractivity contribution in [2.24, 2.45) is 5.92 Å². The molecule has 152 valence electrons. The number of rotatable bonds is 7. The van der Waals surface area contributed by atoms with Gasteiger partial charge in [0.25, 0.3) is 0 Å². The Bertz CT molecular complexity index is 577. The second-order valence-electron chi connectivity index (χ2n) is 7.93. The van der Waals surface area contributed by atoms with Gasteiger partial charge in [0, 0.05) is 44.8 Å². The van der Waals surface area contributed by atoms with Gasteiger partial charge < -0.3 is 19.1 Å². The molecule has 1 aliphatic heterocycles. The van der Waals surface area contributed by atoms with E-state index in [1.54, 1.807) is 21.3 Å². The van der Waals surface area contributed by atoms with Crippen molar-refractivity contribution in [1.82, 2.24) is 9.80 Å². The topological polar surface area (TPSA) is 34.2 Å². The third-order valence-electron chi connectivity index (χ3n) is 6.14. The zero-order valence-electron chi connectivity index (χ0n) is 17.3. The maximum Gasteiger partial charge on any atom is 0.203 e. The van der Waals surface area contributed by atoms with Crippen LogP contribution < -0.4 is 14.2 Å². The number of hydrogen-bond donors (Lipinski definition) is 0. The molecular weight excluding hydrogens is 340 g/mol. The Kier molecular flexibility index (Phi) is 7.65. The van der Waals surface area contributed by atoms with Crippen LogP contribution in [0.1, 0.15) is 44.1 Å². The van der Waals surface area contributed by atoms with Crippen LogP contribution in [0.2, 0.25) is 0 Å². The molecule has 0 amide bonds. The van der Waals surface area contributed by atoms with Crippen LogP contribution in [0.15, 0.2) is 12.1 Å². The Labute approximate surface area is 164 Å². The van der Waals surface area contributed by atoms with Gasteiger partial charge in [0.05, 0.1) is 21.3 Å². The van der Waals surface area contributed by atoms with Crippen molar-refractivity contribution < 1.29 is 14.2 Å². The predicted octanol–water partition coefficient (Wildman–Crippen LogP) is 3.80. The summed E-state index contributed by atoms with van der Waals surface area (Å²) < 4.78 is 16.6. The fourth-order valence-corrected chi connectivity index (χ4v) is 4.57. The molecule has 0 radical (unpaired) electrons. The Morgan fingerprint density at radius 2 is 1.41 bits per heavy atom. The molecule has 0 bridgehead atoms. The van der Waals surface area contributed by atoms with Gasteiger partial charge in [-0.3, -0.25) is 4.90 Å². The Balaban J connectivity index is 1.54. The minimum Gasteiger partial charge on any atom is -0.493 e. The van der Waals surface area contributed by atoms with Gasteiger partial charge in [0.1, 0.15) is 0 Å². The quantitative estimate of drug-likeness (QED) is 0.676. The molecule has 1 saturated carbocycles. The summed E-state index contributed by atoms with van der Waals surface area (Å²) in [5.74, 6) is 3.11. The third kappa shape index (κ3) is 5.29. The molecule has 5 nitrogen and oxygen atoms in total. The lowest BCUT2D eigenvalue weighted by atomic mass is 9.99. The number of ether oxygens (including phenoxy) is 3. The molecular formula is C22H36N2O3. The van der Waals surface area contributed by atoms with E-state index in [4.69, 9.17) is 14.2 Å². The van der Waals surface area contributed by atoms with Crippen LogP contribution in [-0.2, 0) is 6.54 Å². The molecule has 0 atom stereocenters. The molecule has 1 saturated heterocycles. The molecule has 27 heavy (non-hydrogen) atoms. The average molecular weight is 377 g/mol. The lowest BCUT2D eigenvalue weighted by molar-refractivity contribution is 0.109. The van der Waals surface area contributed by atoms with Crippen LogP contribution in [0.4, 0.5) is 0 Å². The first-order valence-electron chi connectivity index (χ1n) is 10.5. The van der Waals surface area contributed by atoms with Crippen LogP contribution in [-0.4, -0.2) is 63.9 Å². The molecule has 1 aromatic rings. The number of piperazine rings is 1. The summed E-state index contributed by atoms with van der Waals surface area (Å²) in [6, 6.07) is 4.07. The summed E-state index contributed by atoms with van der Waals surface area (Å²) in [4.78, 5) is 5.20. The van der Waals surface area contributed by atoms with Crippen molar-refractivity contribution in [2.75, 3.05) is 54.1 Å². The predicted molar refractivity (Wildman–Crippen MR) is 109 cm³/mol. The zero-order chi connectivity index (χ0) is 19.1. The molecule has 2 aliphatic rings. The third-order valence-corrected chi connectivity index (χ3v) is 6.14. The lowest BCUT2D eigenvalue weighted by Gasteiger charge is -2.36. The highest BCUT2D eigenvalue weighted by Gasteiger charge is 2.23. The van der Waals surface area contributed by atoms with Gasteiger partial charge in [-0.15, -0.1) is 0 Å². The SMILES string of the molecule is COc1ccc(CN2CCN(CC3CCCCCC3)CC2)c(OC)c1OC. The Morgan fingerprint density at radius 3 is 2.00 bits per heavy atom. The van der Waals surface area contributed by atoms with Gasteiger partial charge in [-0.05, 0) is 24.8 Å². The first kappa shape index (κ1) is 20.3. The standard InChI is InChI=1S/C22H36N2O3/c1-25-20-11-10-19(21(26-2)22(20)27-3)17-24-14-12-23(13-15-24)16-18-8-6-4-5-7-9-18/h10-11,18H,4-9,12-17H2,1-3H3. The van der Waals surface area contributed by atoms with Gasteiger partial charge in [-0.2, -0.15) is 0 Å². The second kappa shape index (κ2) is 10.2. The van der Waals surface area contributed by atoms with Crippen LogP contribution >= 0.6 is 0 Å². The van der Waals surface area contributed by atoms with Crippen LogP contribution in [0.25, 0.3) is 0 Å². The highest BCUT2D eigenvalue weighted by Crippen LogP contribution is 2.40. The molecule has 0 unspecified atom stereocenters. The summed E-state index contributed by atoms with van der Waals surface area (Å²) in [5.41, 5.74) is 1.16. The average Bonchev–Trinajstić information content (AvgIpc) is 2.97. The van der Waals surface area contributed by atoms with Crippen molar-refractivity contribution in [3.63, 3.8) is 0 Å². The minimum absolute atomic E-state index is 0.685. The van der Waals surface area contributed by atoms with Gasteiger partial charge in [-0.25, -0.2) is 0 Å². The summed E-state index contributed by atoms with van der Waals surface area (Å²) in [6.07, 6.45) is 8.62. The molecule has 1 heterocycles. The van der Waals surface area contributed by atoms with Crippen LogP contribution in [0.5, 0.6) is 17.2 Å². The lowest BCUT2D eigenvalue weighted by Crippen LogP contribution is -2.47. The minimum atomic E-state index is 0.685. The van der Waals surface area contributed by atoms with Crippen molar-refractivity contribution in [3.8, 4) is 17.2 Å². The first-order chi connectivity index (χ1) is 13.2. The number of hydrogen-bond acceptors (Lipinski definition) is 5. The van der Waals surface area contributed by atoms with E-state index in [9.17, 15) is 0 Å². The fourth-order valence-electron chi connectivity index (χ4n) is 4.57. The first-order valence-corrected chi connectivity index (χ1v) is 10.5. The van der Waals surface area contributed by atoms with Crippen molar-refractivity contribution >= 4 is 0 Å². The zero-order valence-corrected chi connectivity index (χ0v) is 17.3. The summed E-state index contributed by atoms with van der Waals surface area (Å²) >= 11 is 0. The van der Waals surface area contributed by atoms with E-state index in [0.717, 1.165) is 36.9 Å². The van der Waals surface area contributed by atoms with Gasteiger partial charge in [0.15, 0.2) is 11.5 Å². The Morgan fingerprint density at radius 1 is 0.778 bits per heavy atom. The van der Waals surface area contributed by atoms with Gasteiger partial charge in [0.2, 0.25) is 5.75 Å². The molecule has 0 spiro atoms. The molecule has 1 aromatic carbocycles. The van der Waals surface area contributed by atoms with E-state index in [2.05, 4.69) is 15.9 Å². The fraction of sp³-hybridized carbons (Fsp3) is 0.727. The molecule has 0 aromatic heterocycles. The van der Waals surface area contributed by atoms with E-state index in [0.29, 0.717) is 11.5 Å². The summed E-state index contributed by atoms with van der Waals surface area (Å²) in [5, 5.41) is 0. The number of methoxy groups -OCH3 is 3. The van der Waals surface area contributed by atoms with Crippen molar-refractivity contribution in [3.05, 3.63) is 17.7 Å². The Hall–Kier alpha value is -1.46.